The minimum Gasteiger partial charge on any atom is -0.345 e. The molecular weight excluding hydrogens is 240 g/mol. The molecule has 0 unspecified atom stereocenters. The van der Waals surface area contributed by atoms with Crippen LogP contribution >= 0.6 is 12.4 Å². The van der Waals surface area contributed by atoms with Gasteiger partial charge in [-0.2, -0.15) is 5.10 Å². The third kappa shape index (κ3) is 2.98. The summed E-state index contributed by atoms with van der Waals surface area (Å²) >= 11 is 0. The number of rotatable bonds is 3. The lowest BCUT2D eigenvalue weighted by molar-refractivity contribution is 0.0903. The van der Waals surface area contributed by atoms with Crippen LogP contribution < -0.4 is 11.1 Å². The molecule has 0 atom stereocenters. The molecule has 1 heterocycles. The maximum Gasteiger partial charge on any atom is 0.254 e. The average Bonchev–Trinajstić information content (AvgIpc) is 2.88. The highest BCUT2D eigenvalue weighted by molar-refractivity contribution is 5.94. The first-order valence-corrected chi connectivity index (χ1v) is 5.66. The zero-order valence-corrected chi connectivity index (χ0v) is 10.8. The minimum atomic E-state index is -0.188. The Balaban J connectivity index is 0.00000144. The largest absolute Gasteiger partial charge is 0.345 e. The number of aromatic nitrogens is 2. The predicted molar refractivity (Wildman–Crippen MR) is 68.2 cm³/mol. The van der Waals surface area contributed by atoms with Crippen LogP contribution in [0.25, 0.3) is 0 Å². The first-order chi connectivity index (χ1) is 7.65. The Kier molecular flexibility index (Phi) is 4.54. The summed E-state index contributed by atoms with van der Waals surface area (Å²) in [4.78, 5) is 12.0. The molecule has 5 nitrogen and oxygen atoms in total. The van der Waals surface area contributed by atoms with Crippen molar-refractivity contribution >= 4 is 18.3 Å². The Morgan fingerprint density at radius 2 is 2.24 bits per heavy atom. The molecule has 0 saturated heterocycles. The molecule has 1 fully saturated rings. The number of hydrogen-bond acceptors (Lipinski definition) is 3. The molecule has 96 valence electrons. The van der Waals surface area contributed by atoms with Gasteiger partial charge >= 0.3 is 0 Å². The predicted octanol–water partition coefficient (Wildman–Crippen LogP) is 0.843. The molecule has 1 aliphatic carbocycles. The third-order valence-electron chi connectivity index (χ3n) is 3.30. The summed E-state index contributed by atoms with van der Waals surface area (Å²) in [6.45, 7) is 0.513. The number of carbonyl (C=O) groups excluding carboxylic acids is 1. The number of nitrogens with two attached hydrogens (primary N) is 1. The molecule has 0 aromatic carbocycles. The van der Waals surface area contributed by atoms with E-state index >= 15 is 0 Å². The normalized spacial score (nSPS) is 17.5. The third-order valence-corrected chi connectivity index (χ3v) is 3.30. The SMILES string of the molecule is Cl.Cn1cc(C(=O)NC2(CN)CCCC2)cn1. The second-order valence-corrected chi connectivity index (χ2v) is 4.55. The van der Waals surface area contributed by atoms with Crippen LogP contribution in [0.5, 0.6) is 0 Å². The highest BCUT2D eigenvalue weighted by Crippen LogP contribution is 2.28. The van der Waals surface area contributed by atoms with Crippen LogP contribution in [0.3, 0.4) is 0 Å². The number of hydrogen-bond donors (Lipinski definition) is 2. The zero-order chi connectivity index (χ0) is 11.6. The van der Waals surface area contributed by atoms with Crippen molar-refractivity contribution in [2.75, 3.05) is 6.54 Å². The summed E-state index contributed by atoms with van der Waals surface area (Å²) in [5, 5.41) is 7.04. The molecule has 1 amide bonds. The van der Waals surface area contributed by atoms with Gasteiger partial charge in [-0.25, -0.2) is 0 Å². The van der Waals surface area contributed by atoms with Gasteiger partial charge in [-0.1, -0.05) is 12.8 Å². The summed E-state index contributed by atoms with van der Waals surface area (Å²) < 4.78 is 1.62. The quantitative estimate of drug-likeness (QED) is 0.844. The first kappa shape index (κ1) is 14.0. The molecule has 0 spiro atoms. The lowest BCUT2D eigenvalue weighted by atomic mass is 9.97. The molecule has 0 radical (unpaired) electrons. The topological polar surface area (TPSA) is 72.9 Å². The molecule has 3 N–H and O–H groups in total. The summed E-state index contributed by atoms with van der Waals surface area (Å²) in [5.41, 5.74) is 6.18. The van der Waals surface area contributed by atoms with Crippen molar-refractivity contribution in [3.63, 3.8) is 0 Å². The van der Waals surface area contributed by atoms with E-state index < -0.39 is 0 Å². The molecule has 0 bridgehead atoms. The standard InChI is InChI=1S/C11H18N4O.ClH/c1-15-7-9(6-13-15)10(16)14-11(8-12)4-2-3-5-11;/h6-7H,2-5,8,12H2,1H3,(H,14,16);1H. The van der Waals surface area contributed by atoms with Gasteiger partial charge in [-0.15, -0.1) is 12.4 Å². The Bertz CT molecular complexity index is 385. The summed E-state index contributed by atoms with van der Waals surface area (Å²) in [5.74, 6) is -0.0690. The van der Waals surface area contributed by atoms with Crippen LogP contribution in [0.4, 0.5) is 0 Å². The summed E-state index contributed by atoms with van der Waals surface area (Å²) in [7, 11) is 1.80. The number of amides is 1. The maximum atomic E-state index is 12.0. The van der Waals surface area contributed by atoms with E-state index in [4.69, 9.17) is 5.73 Å². The molecule has 1 aromatic heterocycles. The highest BCUT2D eigenvalue weighted by Gasteiger charge is 2.34. The van der Waals surface area contributed by atoms with E-state index in [2.05, 4.69) is 10.4 Å². The van der Waals surface area contributed by atoms with Crippen LogP contribution in [0.2, 0.25) is 0 Å². The molecule has 6 heteroatoms. The van der Waals surface area contributed by atoms with Gasteiger partial charge in [-0.3, -0.25) is 9.48 Å². The Labute approximate surface area is 107 Å². The molecule has 1 saturated carbocycles. The van der Waals surface area contributed by atoms with Gasteiger partial charge in [0.1, 0.15) is 0 Å². The Hall–Kier alpha value is -1.07. The number of carbonyl (C=O) groups is 1. The maximum absolute atomic E-state index is 12.0. The number of aryl methyl sites for hydroxylation is 1. The molecule has 17 heavy (non-hydrogen) atoms. The minimum absolute atomic E-state index is 0. The monoisotopic (exact) mass is 258 g/mol. The zero-order valence-electron chi connectivity index (χ0n) is 9.98. The summed E-state index contributed by atoms with van der Waals surface area (Å²) in [6, 6.07) is 0. The van der Waals surface area contributed by atoms with E-state index in [9.17, 15) is 4.79 Å². The van der Waals surface area contributed by atoms with Crippen LogP contribution in [-0.2, 0) is 7.05 Å². The molecule has 1 aliphatic rings. The van der Waals surface area contributed by atoms with Crippen LogP contribution in [0.1, 0.15) is 36.0 Å². The number of halogens is 1. The fourth-order valence-corrected chi connectivity index (χ4v) is 2.28. The van der Waals surface area contributed by atoms with Gasteiger partial charge in [0.15, 0.2) is 0 Å². The first-order valence-electron chi connectivity index (χ1n) is 5.66. The van der Waals surface area contributed by atoms with Gasteiger partial charge in [-0.05, 0) is 12.8 Å². The van der Waals surface area contributed by atoms with E-state index in [-0.39, 0.29) is 23.9 Å². The van der Waals surface area contributed by atoms with Gasteiger partial charge in [0.2, 0.25) is 0 Å². The Morgan fingerprint density at radius 3 is 2.71 bits per heavy atom. The van der Waals surface area contributed by atoms with Crippen molar-refractivity contribution in [2.24, 2.45) is 12.8 Å². The Morgan fingerprint density at radius 1 is 1.59 bits per heavy atom. The fraction of sp³-hybridized carbons (Fsp3) is 0.636. The second-order valence-electron chi connectivity index (χ2n) is 4.55. The molecule has 2 rings (SSSR count). The van der Waals surface area contributed by atoms with Gasteiger partial charge in [0, 0.05) is 19.8 Å². The lowest BCUT2D eigenvalue weighted by Gasteiger charge is -2.28. The molecule has 1 aromatic rings. The average molecular weight is 259 g/mol. The van der Waals surface area contributed by atoms with E-state index in [1.165, 1.54) is 0 Å². The van der Waals surface area contributed by atoms with Crippen molar-refractivity contribution in [1.29, 1.82) is 0 Å². The highest BCUT2D eigenvalue weighted by atomic mass is 35.5. The molecular formula is C11H19ClN4O. The number of nitrogens with one attached hydrogen (secondary N) is 1. The van der Waals surface area contributed by atoms with Gasteiger partial charge < -0.3 is 11.1 Å². The van der Waals surface area contributed by atoms with Gasteiger partial charge in [0.25, 0.3) is 5.91 Å². The van der Waals surface area contributed by atoms with E-state index in [1.807, 2.05) is 0 Å². The van der Waals surface area contributed by atoms with Gasteiger partial charge in [0.05, 0.1) is 17.3 Å². The van der Waals surface area contributed by atoms with Crippen molar-refractivity contribution in [1.82, 2.24) is 15.1 Å². The fourth-order valence-electron chi connectivity index (χ4n) is 2.28. The van der Waals surface area contributed by atoms with Crippen molar-refractivity contribution in [3.8, 4) is 0 Å². The van der Waals surface area contributed by atoms with E-state index in [1.54, 1.807) is 24.1 Å². The van der Waals surface area contributed by atoms with Crippen molar-refractivity contribution in [2.45, 2.75) is 31.2 Å². The number of nitrogens with zero attached hydrogens (tertiary/aromatic N) is 2. The molecule has 0 aliphatic heterocycles. The van der Waals surface area contributed by atoms with Crippen molar-refractivity contribution in [3.05, 3.63) is 18.0 Å². The van der Waals surface area contributed by atoms with E-state index in [0.717, 1.165) is 25.7 Å². The van der Waals surface area contributed by atoms with E-state index in [0.29, 0.717) is 12.1 Å². The summed E-state index contributed by atoms with van der Waals surface area (Å²) in [6.07, 6.45) is 7.54. The van der Waals surface area contributed by atoms with Crippen LogP contribution in [0.15, 0.2) is 12.4 Å². The lowest BCUT2D eigenvalue weighted by Crippen LogP contribution is -2.51. The smallest absolute Gasteiger partial charge is 0.254 e. The van der Waals surface area contributed by atoms with Crippen molar-refractivity contribution < 1.29 is 4.79 Å². The van der Waals surface area contributed by atoms with Crippen LogP contribution in [0, 0.1) is 0 Å². The second kappa shape index (κ2) is 5.51. The van der Waals surface area contributed by atoms with Crippen LogP contribution in [-0.4, -0.2) is 27.8 Å².